The highest BCUT2D eigenvalue weighted by Crippen LogP contribution is 2.17. The molecule has 0 rings (SSSR count). The lowest BCUT2D eigenvalue weighted by molar-refractivity contribution is -0.193. The first-order valence-electron chi connectivity index (χ1n) is 4.92. The van der Waals surface area contributed by atoms with Gasteiger partial charge in [0.15, 0.2) is 0 Å². The lowest BCUT2D eigenvalue weighted by Crippen LogP contribution is -2.62. The van der Waals surface area contributed by atoms with Gasteiger partial charge in [0.05, 0.1) is 6.61 Å². The van der Waals surface area contributed by atoms with Gasteiger partial charge in [-0.3, -0.25) is 0 Å². The number of rotatable bonds is 7. The average Bonchev–Trinajstić information content (AvgIpc) is 2.24. The first-order chi connectivity index (χ1) is 7.66. The number of aliphatic hydroxyl groups is 5. The van der Waals surface area contributed by atoms with Gasteiger partial charge >= 0.3 is 5.97 Å². The number of aliphatic hydroxyl groups excluding tert-OH is 4. The van der Waals surface area contributed by atoms with Crippen LogP contribution in [0.4, 0.5) is 0 Å². The molecule has 0 fully saturated rings. The van der Waals surface area contributed by atoms with Crippen LogP contribution in [0.5, 0.6) is 0 Å². The van der Waals surface area contributed by atoms with Crippen molar-refractivity contribution in [1.82, 2.24) is 4.90 Å². The van der Waals surface area contributed by atoms with Gasteiger partial charge in [0.1, 0.15) is 18.3 Å². The standard InChI is InChI=1S/C9H19NO7/c1-10(2)4-9(17,8(15)16)7(14)6(13)5(12)3-11/h5-7,11-14,17H,3-4H2,1-2H3,(H,15,16)/t5-,6-,7+,9-/m1/s1. The lowest BCUT2D eigenvalue weighted by atomic mass is 9.90. The Kier molecular flexibility index (Phi) is 5.96. The van der Waals surface area contributed by atoms with Crippen molar-refractivity contribution >= 4 is 5.97 Å². The molecule has 0 spiro atoms. The highest BCUT2D eigenvalue weighted by atomic mass is 16.4. The summed E-state index contributed by atoms with van der Waals surface area (Å²) in [6, 6.07) is 0. The van der Waals surface area contributed by atoms with E-state index in [1.165, 1.54) is 19.0 Å². The molecule has 0 aliphatic rings. The molecule has 8 heteroatoms. The zero-order valence-electron chi connectivity index (χ0n) is 9.69. The molecule has 0 radical (unpaired) electrons. The van der Waals surface area contributed by atoms with Crippen molar-refractivity contribution in [2.24, 2.45) is 0 Å². The monoisotopic (exact) mass is 253 g/mol. The Morgan fingerprint density at radius 3 is 2.06 bits per heavy atom. The van der Waals surface area contributed by atoms with Crippen LogP contribution in [0.25, 0.3) is 0 Å². The molecule has 6 N–H and O–H groups in total. The first-order valence-corrected chi connectivity index (χ1v) is 4.92. The molecule has 0 heterocycles. The Bertz CT molecular complexity index is 260. The van der Waals surface area contributed by atoms with Crippen LogP contribution >= 0.6 is 0 Å². The van der Waals surface area contributed by atoms with E-state index in [4.69, 9.17) is 15.3 Å². The molecule has 17 heavy (non-hydrogen) atoms. The second-order valence-electron chi connectivity index (χ2n) is 4.15. The van der Waals surface area contributed by atoms with Gasteiger partial charge in [-0.25, -0.2) is 4.79 Å². The van der Waals surface area contributed by atoms with Crippen molar-refractivity contribution in [2.75, 3.05) is 27.2 Å². The summed E-state index contributed by atoms with van der Waals surface area (Å²) in [5, 5.41) is 55.3. The van der Waals surface area contributed by atoms with E-state index in [-0.39, 0.29) is 0 Å². The fourth-order valence-corrected chi connectivity index (χ4v) is 1.37. The summed E-state index contributed by atoms with van der Waals surface area (Å²) < 4.78 is 0. The zero-order chi connectivity index (χ0) is 13.8. The topological polar surface area (TPSA) is 142 Å². The second kappa shape index (κ2) is 6.24. The minimum absolute atomic E-state index is 0.460. The van der Waals surface area contributed by atoms with Crippen LogP contribution in [-0.2, 0) is 4.79 Å². The van der Waals surface area contributed by atoms with Gasteiger partial charge in [0, 0.05) is 6.54 Å². The number of carbonyl (C=O) groups is 1. The van der Waals surface area contributed by atoms with E-state index < -0.39 is 43.0 Å². The van der Waals surface area contributed by atoms with Crippen molar-refractivity contribution in [3.63, 3.8) is 0 Å². The predicted molar refractivity (Wildman–Crippen MR) is 56.2 cm³/mol. The van der Waals surface area contributed by atoms with Gasteiger partial charge in [-0.2, -0.15) is 0 Å². The third-order valence-corrected chi connectivity index (χ3v) is 2.32. The zero-order valence-corrected chi connectivity index (χ0v) is 9.69. The Morgan fingerprint density at radius 1 is 1.29 bits per heavy atom. The summed E-state index contributed by atoms with van der Waals surface area (Å²) in [6.07, 6.45) is -5.84. The Hall–Kier alpha value is -0.770. The van der Waals surface area contributed by atoms with E-state index >= 15 is 0 Å². The van der Waals surface area contributed by atoms with Crippen molar-refractivity contribution in [3.8, 4) is 0 Å². The molecule has 0 bridgehead atoms. The summed E-state index contributed by atoms with van der Waals surface area (Å²) in [5.41, 5.74) is -2.64. The third-order valence-electron chi connectivity index (χ3n) is 2.32. The molecule has 0 aliphatic heterocycles. The van der Waals surface area contributed by atoms with E-state index in [1.807, 2.05) is 0 Å². The van der Waals surface area contributed by atoms with Crippen LogP contribution in [0.2, 0.25) is 0 Å². The predicted octanol–water partition coefficient (Wildman–Crippen LogP) is -3.56. The molecule has 8 nitrogen and oxygen atoms in total. The van der Waals surface area contributed by atoms with E-state index in [1.54, 1.807) is 0 Å². The molecule has 4 atom stereocenters. The molecule has 0 amide bonds. The van der Waals surface area contributed by atoms with Crippen molar-refractivity contribution in [2.45, 2.75) is 23.9 Å². The molecule has 0 unspecified atom stereocenters. The van der Waals surface area contributed by atoms with E-state index in [0.717, 1.165) is 0 Å². The SMILES string of the molecule is CN(C)C[C@](O)(C(=O)O)[C@@H](O)[C@H](O)[C@H](O)CO. The van der Waals surface area contributed by atoms with Crippen molar-refractivity contribution < 1.29 is 35.4 Å². The van der Waals surface area contributed by atoms with E-state index in [9.17, 15) is 20.1 Å². The molecule has 0 aliphatic carbocycles. The number of aliphatic carboxylic acids is 1. The van der Waals surface area contributed by atoms with Crippen LogP contribution < -0.4 is 0 Å². The van der Waals surface area contributed by atoms with Crippen LogP contribution in [0.1, 0.15) is 0 Å². The maximum atomic E-state index is 10.9. The molecule has 0 saturated heterocycles. The maximum absolute atomic E-state index is 10.9. The molecular formula is C9H19NO7. The second-order valence-corrected chi connectivity index (χ2v) is 4.15. The molecular weight excluding hydrogens is 234 g/mol. The number of carboxylic acids is 1. The smallest absolute Gasteiger partial charge is 0.339 e. The summed E-state index contributed by atoms with van der Waals surface area (Å²) in [4.78, 5) is 12.2. The van der Waals surface area contributed by atoms with Crippen LogP contribution in [0, 0.1) is 0 Å². The molecule has 0 saturated carbocycles. The van der Waals surface area contributed by atoms with Gasteiger partial charge < -0.3 is 35.5 Å². The highest BCUT2D eigenvalue weighted by Gasteiger charge is 2.48. The highest BCUT2D eigenvalue weighted by molar-refractivity contribution is 5.78. The number of hydrogen-bond acceptors (Lipinski definition) is 7. The minimum Gasteiger partial charge on any atom is -0.479 e. The minimum atomic E-state index is -2.64. The number of carboxylic acid groups (broad SMARTS) is 1. The summed E-state index contributed by atoms with van der Waals surface area (Å²) in [6.45, 7) is -1.32. The average molecular weight is 253 g/mol. The molecule has 0 aromatic rings. The van der Waals surface area contributed by atoms with Gasteiger partial charge in [0.25, 0.3) is 0 Å². The Labute approximate surface area is 98.3 Å². The maximum Gasteiger partial charge on any atom is 0.339 e. The van der Waals surface area contributed by atoms with E-state index in [2.05, 4.69) is 0 Å². The fraction of sp³-hybridized carbons (Fsp3) is 0.889. The van der Waals surface area contributed by atoms with E-state index in [0.29, 0.717) is 0 Å². The van der Waals surface area contributed by atoms with Crippen LogP contribution in [0.3, 0.4) is 0 Å². The Morgan fingerprint density at radius 2 is 1.76 bits per heavy atom. The van der Waals surface area contributed by atoms with Gasteiger partial charge in [-0.05, 0) is 14.1 Å². The largest absolute Gasteiger partial charge is 0.479 e. The van der Waals surface area contributed by atoms with Crippen molar-refractivity contribution in [1.29, 1.82) is 0 Å². The third kappa shape index (κ3) is 3.87. The summed E-state index contributed by atoms with van der Waals surface area (Å²) in [5.74, 6) is -1.73. The molecule has 0 aromatic carbocycles. The first kappa shape index (κ1) is 16.2. The summed E-state index contributed by atoms with van der Waals surface area (Å²) >= 11 is 0. The number of hydrogen-bond donors (Lipinski definition) is 6. The van der Waals surface area contributed by atoms with Crippen LogP contribution in [-0.4, -0.2) is 92.7 Å². The van der Waals surface area contributed by atoms with Gasteiger partial charge in [-0.15, -0.1) is 0 Å². The van der Waals surface area contributed by atoms with Gasteiger partial charge in [-0.1, -0.05) is 0 Å². The normalized spacial score (nSPS) is 20.7. The van der Waals surface area contributed by atoms with Crippen LogP contribution in [0.15, 0.2) is 0 Å². The van der Waals surface area contributed by atoms with Crippen molar-refractivity contribution in [3.05, 3.63) is 0 Å². The fourth-order valence-electron chi connectivity index (χ4n) is 1.37. The lowest BCUT2D eigenvalue weighted by Gasteiger charge is -2.34. The Balaban J connectivity index is 4.99. The summed E-state index contributed by atoms with van der Waals surface area (Å²) in [7, 11) is 2.94. The molecule has 102 valence electrons. The van der Waals surface area contributed by atoms with Gasteiger partial charge in [0.2, 0.25) is 5.60 Å². The number of likely N-dealkylation sites (N-methyl/N-ethyl adjacent to an activating group) is 1. The number of nitrogens with zero attached hydrogens (tertiary/aromatic N) is 1. The quantitative estimate of drug-likeness (QED) is 0.274. The molecule has 0 aromatic heterocycles.